The van der Waals surface area contributed by atoms with Crippen LogP contribution < -0.4 is 0 Å². The zero-order chi connectivity index (χ0) is 17.5. The molecule has 4 N–H and O–H groups in total. The van der Waals surface area contributed by atoms with Gasteiger partial charge in [-0.1, -0.05) is 30.3 Å². The average molecular weight is 336 g/mol. The second kappa shape index (κ2) is 5.48. The standard InChI is InChI=1S/C16H11F3N2O3/c17-16(18,19)15-11(8-4-2-1-3-5-8)12(20-21-15)9-6-7-10(22)14(24)13(9)23/h1-7,22-24H,(H,20,21). The molecular formula is C16H11F3N2O3. The van der Waals surface area contributed by atoms with Crippen LogP contribution in [0.15, 0.2) is 42.5 Å². The molecule has 3 aromatic rings. The zero-order valence-electron chi connectivity index (χ0n) is 12.0. The summed E-state index contributed by atoms with van der Waals surface area (Å²) in [6, 6.07) is 9.97. The molecule has 1 aromatic heterocycles. The van der Waals surface area contributed by atoms with E-state index in [0.717, 1.165) is 6.07 Å². The molecule has 0 unspecified atom stereocenters. The third-order valence-corrected chi connectivity index (χ3v) is 3.50. The Morgan fingerprint density at radius 2 is 1.54 bits per heavy atom. The summed E-state index contributed by atoms with van der Waals surface area (Å²) in [6.07, 6.45) is -4.69. The van der Waals surface area contributed by atoms with Crippen molar-refractivity contribution in [3.05, 3.63) is 48.2 Å². The van der Waals surface area contributed by atoms with Gasteiger partial charge in [-0.3, -0.25) is 5.10 Å². The summed E-state index contributed by atoms with van der Waals surface area (Å²) in [5.74, 6) is -2.18. The first-order valence-electron chi connectivity index (χ1n) is 6.76. The Morgan fingerprint density at radius 3 is 2.17 bits per heavy atom. The lowest BCUT2D eigenvalue weighted by Gasteiger charge is -2.11. The topological polar surface area (TPSA) is 89.4 Å². The van der Waals surface area contributed by atoms with Gasteiger partial charge in [0.25, 0.3) is 0 Å². The van der Waals surface area contributed by atoms with E-state index in [2.05, 4.69) is 5.10 Å². The van der Waals surface area contributed by atoms with E-state index in [0.29, 0.717) is 0 Å². The normalized spacial score (nSPS) is 11.6. The van der Waals surface area contributed by atoms with Crippen molar-refractivity contribution in [2.24, 2.45) is 0 Å². The van der Waals surface area contributed by atoms with Crippen LogP contribution in [0.5, 0.6) is 17.2 Å². The number of rotatable bonds is 2. The van der Waals surface area contributed by atoms with Gasteiger partial charge in [-0.05, 0) is 17.7 Å². The molecule has 1 heterocycles. The van der Waals surface area contributed by atoms with E-state index < -0.39 is 29.1 Å². The lowest BCUT2D eigenvalue weighted by atomic mass is 9.98. The van der Waals surface area contributed by atoms with Crippen molar-refractivity contribution in [2.75, 3.05) is 0 Å². The van der Waals surface area contributed by atoms with Crippen LogP contribution in [0.25, 0.3) is 22.4 Å². The summed E-state index contributed by atoms with van der Waals surface area (Å²) in [6.45, 7) is 0. The summed E-state index contributed by atoms with van der Waals surface area (Å²) in [7, 11) is 0. The number of nitrogens with zero attached hydrogens (tertiary/aromatic N) is 1. The number of H-pyrrole nitrogens is 1. The molecule has 8 heteroatoms. The minimum Gasteiger partial charge on any atom is -0.504 e. The maximum Gasteiger partial charge on any atom is 0.433 e. The Hall–Kier alpha value is -3.16. The fraction of sp³-hybridized carbons (Fsp3) is 0.0625. The Morgan fingerprint density at radius 1 is 0.875 bits per heavy atom. The molecular weight excluding hydrogens is 325 g/mol. The van der Waals surface area contributed by atoms with Crippen molar-refractivity contribution in [1.82, 2.24) is 10.2 Å². The molecule has 0 radical (unpaired) electrons. The molecule has 0 amide bonds. The van der Waals surface area contributed by atoms with Gasteiger partial charge in [0.2, 0.25) is 5.75 Å². The minimum absolute atomic E-state index is 0.143. The van der Waals surface area contributed by atoms with Crippen molar-refractivity contribution in [1.29, 1.82) is 0 Å². The monoisotopic (exact) mass is 336 g/mol. The van der Waals surface area contributed by atoms with Crippen molar-refractivity contribution < 1.29 is 28.5 Å². The number of phenols is 3. The highest BCUT2D eigenvalue weighted by molar-refractivity contribution is 5.86. The Kier molecular flexibility index (Phi) is 3.59. The van der Waals surface area contributed by atoms with Crippen molar-refractivity contribution >= 4 is 0 Å². The van der Waals surface area contributed by atoms with E-state index in [1.54, 1.807) is 18.2 Å². The van der Waals surface area contributed by atoms with Crippen LogP contribution in [-0.2, 0) is 6.18 Å². The second-order valence-electron chi connectivity index (χ2n) is 5.02. The Balaban J connectivity index is 2.31. The molecule has 0 bridgehead atoms. The summed E-state index contributed by atoms with van der Waals surface area (Å²) in [5.41, 5.74) is -1.43. The van der Waals surface area contributed by atoms with E-state index in [-0.39, 0.29) is 22.4 Å². The first kappa shape index (κ1) is 15.7. The van der Waals surface area contributed by atoms with Crippen molar-refractivity contribution in [3.8, 4) is 39.6 Å². The largest absolute Gasteiger partial charge is 0.504 e. The molecule has 0 aliphatic heterocycles. The van der Waals surface area contributed by atoms with Crippen LogP contribution in [0.3, 0.4) is 0 Å². The predicted molar refractivity (Wildman–Crippen MR) is 79.5 cm³/mol. The number of nitrogens with one attached hydrogen (secondary N) is 1. The number of hydrogen-bond acceptors (Lipinski definition) is 4. The first-order chi connectivity index (χ1) is 11.3. The predicted octanol–water partition coefficient (Wildman–Crippen LogP) is 3.88. The minimum atomic E-state index is -4.69. The average Bonchev–Trinajstić information content (AvgIpc) is 2.98. The number of aromatic amines is 1. The van der Waals surface area contributed by atoms with Gasteiger partial charge in [0, 0.05) is 11.1 Å². The van der Waals surface area contributed by atoms with Gasteiger partial charge in [0.1, 0.15) is 11.4 Å². The summed E-state index contributed by atoms with van der Waals surface area (Å²) < 4.78 is 39.9. The molecule has 2 aromatic carbocycles. The smallest absolute Gasteiger partial charge is 0.433 e. The van der Waals surface area contributed by atoms with Crippen LogP contribution in [0, 0.1) is 0 Å². The number of hydrogen-bond donors (Lipinski definition) is 4. The third-order valence-electron chi connectivity index (χ3n) is 3.50. The lowest BCUT2D eigenvalue weighted by molar-refractivity contribution is -0.140. The molecule has 24 heavy (non-hydrogen) atoms. The molecule has 0 aliphatic rings. The van der Waals surface area contributed by atoms with E-state index in [1.165, 1.54) is 18.2 Å². The van der Waals surface area contributed by atoms with Crippen molar-refractivity contribution in [3.63, 3.8) is 0 Å². The molecule has 5 nitrogen and oxygen atoms in total. The molecule has 0 atom stereocenters. The van der Waals surface area contributed by atoms with Gasteiger partial charge in [-0.25, -0.2) is 0 Å². The quantitative estimate of drug-likeness (QED) is 0.535. The number of alkyl halides is 3. The number of aromatic nitrogens is 2. The first-order valence-corrected chi connectivity index (χ1v) is 6.76. The molecule has 0 saturated carbocycles. The highest BCUT2D eigenvalue weighted by Crippen LogP contribution is 2.47. The molecule has 0 spiro atoms. The van der Waals surface area contributed by atoms with Gasteiger partial charge < -0.3 is 15.3 Å². The number of phenolic OH excluding ortho intramolecular Hbond substituents is 3. The fourth-order valence-electron chi connectivity index (χ4n) is 2.39. The van der Waals surface area contributed by atoms with Crippen molar-refractivity contribution in [2.45, 2.75) is 6.18 Å². The maximum absolute atomic E-state index is 13.3. The van der Waals surface area contributed by atoms with E-state index in [1.807, 2.05) is 5.10 Å². The molecule has 0 aliphatic carbocycles. The van der Waals surface area contributed by atoms with E-state index in [4.69, 9.17) is 0 Å². The van der Waals surface area contributed by atoms with Crippen LogP contribution >= 0.6 is 0 Å². The third kappa shape index (κ3) is 2.51. The van der Waals surface area contributed by atoms with Crippen LogP contribution in [-0.4, -0.2) is 25.5 Å². The van der Waals surface area contributed by atoms with Gasteiger partial charge in [-0.15, -0.1) is 0 Å². The Bertz CT molecular complexity index is 890. The van der Waals surface area contributed by atoms with Crippen LogP contribution in [0.1, 0.15) is 5.69 Å². The lowest BCUT2D eigenvalue weighted by Crippen LogP contribution is -2.07. The number of aromatic hydroxyl groups is 3. The van der Waals surface area contributed by atoms with Gasteiger partial charge in [0.05, 0.1) is 0 Å². The van der Waals surface area contributed by atoms with E-state index >= 15 is 0 Å². The molecule has 3 rings (SSSR count). The molecule has 0 fully saturated rings. The highest BCUT2D eigenvalue weighted by Gasteiger charge is 2.38. The van der Waals surface area contributed by atoms with Gasteiger partial charge in [0.15, 0.2) is 11.5 Å². The highest BCUT2D eigenvalue weighted by atomic mass is 19.4. The summed E-state index contributed by atoms with van der Waals surface area (Å²) >= 11 is 0. The zero-order valence-corrected chi connectivity index (χ0v) is 12.0. The fourth-order valence-corrected chi connectivity index (χ4v) is 2.39. The number of benzene rings is 2. The van der Waals surface area contributed by atoms with Crippen LogP contribution in [0.4, 0.5) is 13.2 Å². The van der Waals surface area contributed by atoms with Gasteiger partial charge >= 0.3 is 6.18 Å². The summed E-state index contributed by atoms with van der Waals surface area (Å²) in [5, 5.41) is 34.6. The Labute approximate surface area is 133 Å². The molecule has 0 saturated heterocycles. The van der Waals surface area contributed by atoms with E-state index in [9.17, 15) is 28.5 Å². The summed E-state index contributed by atoms with van der Waals surface area (Å²) in [4.78, 5) is 0. The van der Waals surface area contributed by atoms with Gasteiger partial charge in [-0.2, -0.15) is 18.3 Å². The van der Waals surface area contributed by atoms with Crippen LogP contribution in [0.2, 0.25) is 0 Å². The molecule has 124 valence electrons. The maximum atomic E-state index is 13.3. The number of halogens is 3. The second-order valence-corrected chi connectivity index (χ2v) is 5.02. The SMILES string of the molecule is Oc1ccc(-c2n[nH]c(C(F)(F)F)c2-c2ccccc2)c(O)c1O.